The highest BCUT2D eigenvalue weighted by atomic mass is 16.5. The second-order valence-electron chi connectivity index (χ2n) is 10.6. The molecule has 4 rings (SSSR count). The lowest BCUT2D eigenvalue weighted by atomic mass is 9.79. The summed E-state index contributed by atoms with van der Waals surface area (Å²) in [5.41, 5.74) is 1.61. The summed E-state index contributed by atoms with van der Waals surface area (Å²) in [5.74, 6) is 0.954. The van der Waals surface area contributed by atoms with Gasteiger partial charge in [0, 0.05) is 18.4 Å². The number of carbonyl (C=O) groups is 2. The number of hydrogen-bond acceptors (Lipinski definition) is 9. The van der Waals surface area contributed by atoms with E-state index in [1.54, 1.807) is 38.1 Å². The van der Waals surface area contributed by atoms with Gasteiger partial charge < -0.3 is 25.8 Å². The normalized spacial score (nSPS) is 16.9. The van der Waals surface area contributed by atoms with E-state index in [0.717, 1.165) is 31.4 Å². The molecule has 1 aromatic carbocycles. The number of anilines is 4. The van der Waals surface area contributed by atoms with Crippen molar-refractivity contribution in [2.75, 3.05) is 23.8 Å². The summed E-state index contributed by atoms with van der Waals surface area (Å²) in [7, 11) is 0. The van der Waals surface area contributed by atoms with Gasteiger partial charge >= 0.3 is 5.97 Å². The quantitative estimate of drug-likeness (QED) is 0.181. The van der Waals surface area contributed by atoms with Crippen LogP contribution in [-0.4, -0.2) is 45.1 Å². The summed E-state index contributed by atoms with van der Waals surface area (Å²) in [4.78, 5) is 38.3. The fourth-order valence-corrected chi connectivity index (χ4v) is 4.82. The van der Waals surface area contributed by atoms with Crippen molar-refractivity contribution in [3.05, 3.63) is 78.1 Å². The van der Waals surface area contributed by atoms with Crippen LogP contribution in [0.15, 0.2) is 61.3 Å². The zero-order valence-corrected chi connectivity index (χ0v) is 23.8. The number of nitrogens with one attached hydrogen (secondary N) is 3. The van der Waals surface area contributed by atoms with E-state index >= 15 is 0 Å². The lowest BCUT2D eigenvalue weighted by molar-refractivity contribution is -0.149. The predicted octanol–water partition coefficient (Wildman–Crippen LogP) is 5.34. The van der Waals surface area contributed by atoms with Gasteiger partial charge in [0.15, 0.2) is 0 Å². The van der Waals surface area contributed by atoms with Gasteiger partial charge in [-0.05, 0) is 82.2 Å². The first-order chi connectivity index (χ1) is 19.7. The molecule has 2 heterocycles. The van der Waals surface area contributed by atoms with Gasteiger partial charge in [-0.25, -0.2) is 9.97 Å². The van der Waals surface area contributed by atoms with Crippen LogP contribution in [0.3, 0.4) is 0 Å². The number of aliphatic hydroxyl groups is 1. The zero-order valence-electron chi connectivity index (χ0n) is 23.8. The predicted molar refractivity (Wildman–Crippen MR) is 158 cm³/mol. The summed E-state index contributed by atoms with van der Waals surface area (Å²) >= 11 is 0. The van der Waals surface area contributed by atoms with Crippen LogP contribution >= 0.6 is 0 Å². The van der Waals surface area contributed by atoms with E-state index in [2.05, 4.69) is 49.6 Å². The zero-order chi connectivity index (χ0) is 29.4. The number of rotatable bonds is 11. The van der Waals surface area contributed by atoms with Crippen molar-refractivity contribution in [1.29, 1.82) is 0 Å². The summed E-state index contributed by atoms with van der Waals surface area (Å²) in [6.45, 7) is 9.50. The Bertz CT molecular complexity index is 1360. The van der Waals surface area contributed by atoms with Gasteiger partial charge in [-0.1, -0.05) is 24.3 Å². The van der Waals surface area contributed by atoms with E-state index in [9.17, 15) is 14.7 Å². The fraction of sp³-hybridized carbons (Fsp3) is 0.387. The molecule has 4 N–H and O–H groups in total. The number of hydrogen-bond donors (Lipinski definition) is 4. The minimum absolute atomic E-state index is 0.00159. The van der Waals surface area contributed by atoms with Gasteiger partial charge in [0.25, 0.3) is 5.91 Å². The Hall–Kier alpha value is -4.31. The maximum absolute atomic E-state index is 12.8. The number of aromatic nitrogens is 3. The molecule has 1 aliphatic rings. The Kier molecular flexibility index (Phi) is 9.67. The number of esters is 1. The number of amides is 1. The van der Waals surface area contributed by atoms with Gasteiger partial charge in [-0.3, -0.25) is 9.59 Å². The topological polar surface area (TPSA) is 138 Å². The molecule has 10 nitrogen and oxygen atoms in total. The fourth-order valence-electron chi connectivity index (χ4n) is 4.82. The summed E-state index contributed by atoms with van der Waals surface area (Å²) in [5, 5.41) is 19.4. The van der Waals surface area contributed by atoms with Crippen LogP contribution in [0.25, 0.3) is 0 Å². The van der Waals surface area contributed by atoms with Gasteiger partial charge in [0.05, 0.1) is 18.2 Å². The molecule has 1 amide bonds. The molecule has 1 aliphatic carbocycles. The first-order valence-corrected chi connectivity index (χ1v) is 13.9. The van der Waals surface area contributed by atoms with Gasteiger partial charge in [0.1, 0.15) is 22.8 Å². The van der Waals surface area contributed by atoms with E-state index < -0.39 is 5.60 Å². The molecule has 216 valence electrons. The van der Waals surface area contributed by atoms with Crippen molar-refractivity contribution in [2.24, 2.45) is 5.92 Å². The molecule has 0 spiro atoms. The molecule has 0 radical (unpaired) electrons. The smallest absolute Gasteiger partial charge is 0.308 e. The molecule has 2 aromatic heterocycles. The Labute approximate surface area is 240 Å². The molecule has 41 heavy (non-hydrogen) atoms. The minimum Gasteiger partial charge on any atom is -0.466 e. The average molecular weight is 559 g/mol. The third-order valence-corrected chi connectivity index (χ3v) is 7.05. The maximum Gasteiger partial charge on any atom is 0.308 e. The molecule has 10 heteroatoms. The Balaban J connectivity index is 1.49. The van der Waals surface area contributed by atoms with Crippen molar-refractivity contribution in [3.63, 3.8) is 0 Å². The third kappa shape index (κ3) is 7.88. The summed E-state index contributed by atoms with van der Waals surface area (Å²) < 4.78 is 5.19. The molecule has 1 saturated carbocycles. The van der Waals surface area contributed by atoms with Gasteiger partial charge in [0.2, 0.25) is 5.95 Å². The first kappa shape index (κ1) is 29.7. The third-order valence-electron chi connectivity index (χ3n) is 7.05. The van der Waals surface area contributed by atoms with Gasteiger partial charge in [-0.15, -0.1) is 6.58 Å². The largest absolute Gasteiger partial charge is 0.466 e. The van der Waals surface area contributed by atoms with E-state index in [1.165, 1.54) is 11.8 Å². The van der Waals surface area contributed by atoms with E-state index in [4.69, 9.17) is 4.74 Å². The number of ether oxygens (including phenoxy) is 1. The SMILES string of the molecule is C=CCNC(=O)c1cnc(Nc2ccc(C3CCC(C(=O)OCC)CC3)cc2)nc1Nc1cccc(C(C)(C)O)n1. The van der Waals surface area contributed by atoms with Crippen LogP contribution in [0.5, 0.6) is 0 Å². The first-order valence-electron chi connectivity index (χ1n) is 13.9. The van der Waals surface area contributed by atoms with Crippen molar-refractivity contribution in [1.82, 2.24) is 20.3 Å². The number of pyridine rings is 1. The van der Waals surface area contributed by atoms with Crippen molar-refractivity contribution in [3.8, 4) is 0 Å². The van der Waals surface area contributed by atoms with Crippen LogP contribution in [0.2, 0.25) is 0 Å². The molecule has 0 bridgehead atoms. The lowest BCUT2D eigenvalue weighted by Gasteiger charge is -2.27. The molecular formula is C31H38N6O4. The molecular weight excluding hydrogens is 520 g/mol. The Morgan fingerprint density at radius 1 is 1.07 bits per heavy atom. The van der Waals surface area contributed by atoms with Crippen LogP contribution < -0.4 is 16.0 Å². The lowest BCUT2D eigenvalue weighted by Crippen LogP contribution is -2.25. The van der Waals surface area contributed by atoms with Crippen molar-refractivity contribution < 1.29 is 19.4 Å². The number of benzene rings is 1. The minimum atomic E-state index is -1.13. The highest BCUT2D eigenvalue weighted by Gasteiger charge is 2.28. The van der Waals surface area contributed by atoms with Gasteiger partial charge in [-0.2, -0.15) is 4.98 Å². The van der Waals surface area contributed by atoms with E-state index in [-0.39, 0.29) is 29.2 Å². The number of nitrogens with zero attached hydrogens (tertiary/aromatic N) is 3. The Morgan fingerprint density at radius 3 is 2.46 bits per heavy atom. The van der Waals surface area contributed by atoms with E-state index in [1.807, 2.05) is 19.1 Å². The van der Waals surface area contributed by atoms with Crippen LogP contribution in [-0.2, 0) is 15.1 Å². The molecule has 1 fully saturated rings. The van der Waals surface area contributed by atoms with Crippen molar-refractivity contribution >= 4 is 35.1 Å². The van der Waals surface area contributed by atoms with Crippen LogP contribution in [0.4, 0.5) is 23.3 Å². The number of carbonyl (C=O) groups excluding carboxylic acids is 2. The summed E-state index contributed by atoms with van der Waals surface area (Å²) in [6, 6.07) is 13.3. The Morgan fingerprint density at radius 2 is 1.80 bits per heavy atom. The second kappa shape index (κ2) is 13.4. The molecule has 0 unspecified atom stereocenters. The standard InChI is InChI=1S/C31H38N6O4/c1-5-18-32-28(38)24-19-33-30(37-27(24)36-26-9-7-8-25(35-26)31(3,4)40)34-23-16-14-21(15-17-23)20-10-12-22(13-11-20)29(39)41-6-2/h5,7-9,14-17,19-20,22,40H,1,6,10-13,18H2,2-4H3,(H,32,38)(H2,33,34,35,36,37). The van der Waals surface area contributed by atoms with Crippen LogP contribution in [0, 0.1) is 5.92 Å². The van der Waals surface area contributed by atoms with Crippen molar-refractivity contribution in [2.45, 2.75) is 58.0 Å². The molecule has 0 saturated heterocycles. The second-order valence-corrected chi connectivity index (χ2v) is 10.6. The highest BCUT2D eigenvalue weighted by Crippen LogP contribution is 2.36. The molecule has 0 atom stereocenters. The van der Waals surface area contributed by atoms with E-state index in [0.29, 0.717) is 36.5 Å². The average Bonchev–Trinajstić information content (AvgIpc) is 2.96. The maximum atomic E-state index is 12.8. The monoisotopic (exact) mass is 558 g/mol. The molecule has 3 aromatic rings. The highest BCUT2D eigenvalue weighted by molar-refractivity contribution is 5.99. The molecule has 0 aliphatic heterocycles. The summed E-state index contributed by atoms with van der Waals surface area (Å²) in [6.07, 6.45) is 6.62. The van der Waals surface area contributed by atoms with Crippen LogP contribution in [0.1, 0.15) is 74.0 Å².